The van der Waals surface area contributed by atoms with Crippen molar-refractivity contribution in [2.45, 2.75) is 46.7 Å². The molecule has 0 aromatic heterocycles. The molecule has 0 radical (unpaired) electrons. The van der Waals surface area contributed by atoms with Gasteiger partial charge in [0.2, 0.25) is 0 Å². The topological polar surface area (TPSA) is 39.7 Å². The van der Waals surface area contributed by atoms with Crippen LogP contribution in [0.3, 0.4) is 0 Å². The number of hydrogen-bond donors (Lipinski definition) is 2. The van der Waals surface area contributed by atoms with Gasteiger partial charge in [-0.2, -0.15) is 0 Å². The van der Waals surface area contributed by atoms with Crippen molar-refractivity contribution in [2.24, 2.45) is 10.9 Å². The summed E-state index contributed by atoms with van der Waals surface area (Å²) < 4.78 is 0. The first-order valence-corrected chi connectivity index (χ1v) is 9.03. The minimum absolute atomic E-state index is 0. The first-order chi connectivity index (χ1) is 11.2. The zero-order valence-corrected chi connectivity index (χ0v) is 17.7. The Balaban J connectivity index is 0.00000288. The molecule has 4 nitrogen and oxygen atoms in total. The summed E-state index contributed by atoms with van der Waals surface area (Å²) in [4.78, 5) is 7.23. The van der Waals surface area contributed by atoms with Crippen LogP contribution in [-0.4, -0.2) is 37.0 Å². The van der Waals surface area contributed by atoms with E-state index in [1.807, 2.05) is 0 Å². The maximum atomic E-state index is 4.65. The first-order valence-electron chi connectivity index (χ1n) is 9.03. The van der Waals surface area contributed by atoms with Gasteiger partial charge in [0, 0.05) is 19.6 Å². The van der Waals surface area contributed by atoms with Crippen LogP contribution in [0.1, 0.15) is 44.7 Å². The fourth-order valence-electron chi connectivity index (χ4n) is 2.98. The average Bonchev–Trinajstić information content (AvgIpc) is 2.56. The lowest BCUT2D eigenvalue weighted by Gasteiger charge is -2.30. The Kier molecular flexibility index (Phi) is 10.3. The molecule has 0 saturated carbocycles. The quantitative estimate of drug-likeness (QED) is 0.400. The van der Waals surface area contributed by atoms with Crippen molar-refractivity contribution in [1.29, 1.82) is 0 Å². The molecule has 0 aliphatic carbocycles. The number of likely N-dealkylation sites (tertiary alicyclic amines) is 1. The third-order valence-corrected chi connectivity index (χ3v) is 4.38. The summed E-state index contributed by atoms with van der Waals surface area (Å²) in [6, 6.07) is 8.87. The summed E-state index contributed by atoms with van der Waals surface area (Å²) in [6.45, 7) is 12.6. The Morgan fingerprint density at radius 2 is 1.75 bits per heavy atom. The van der Waals surface area contributed by atoms with Crippen LogP contribution in [0.5, 0.6) is 0 Å². The van der Waals surface area contributed by atoms with Crippen LogP contribution in [0.2, 0.25) is 0 Å². The first kappa shape index (κ1) is 21.2. The molecule has 136 valence electrons. The number of hydrogen-bond acceptors (Lipinski definition) is 2. The standard InChI is InChI=1S/C19H32N4.HI/c1-4-20-19(21-5-2)22-14-17-7-6-8-18(13-17)15-23-11-9-16(3)10-12-23;/h6-8,13,16H,4-5,9-12,14-15H2,1-3H3,(H2,20,21,22);1H. The summed E-state index contributed by atoms with van der Waals surface area (Å²) in [7, 11) is 0. The number of nitrogens with one attached hydrogen (secondary N) is 2. The second-order valence-electron chi connectivity index (χ2n) is 6.50. The largest absolute Gasteiger partial charge is 0.357 e. The van der Waals surface area contributed by atoms with E-state index >= 15 is 0 Å². The van der Waals surface area contributed by atoms with Gasteiger partial charge in [-0.15, -0.1) is 24.0 Å². The number of piperidine rings is 1. The van der Waals surface area contributed by atoms with E-state index in [1.165, 1.54) is 37.1 Å². The molecule has 1 fully saturated rings. The molecule has 2 N–H and O–H groups in total. The zero-order valence-electron chi connectivity index (χ0n) is 15.3. The van der Waals surface area contributed by atoms with Crippen molar-refractivity contribution < 1.29 is 0 Å². The van der Waals surface area contributed by atoms with Gasteiger partial charge >= 0.3 is 0 Å². The smallest absolute Gasteiger partial charge is 0.191 e. The third-order valence-electron chi connectivity index (χ3n) is 4.38. The maximum Gasteiger partial charge on any atom is 0.191 e. The second-order valence-corrected chi connectivity index (χ2v) is 6.50. The maximum absolute atomic E-state index is 4.65. The van der Waals surface area contributed by atoms with Crippen molar-refractivity contribution >= 4 is 29.9 Å². The summed E-state index contributed by atoms with van der Waals surface area (Å²) in [6.07, 6.45) is 2.66. The van der Waals surface area contributed by atoms with E-state index < -0.39 is 0 Å². The minimum Gasteiger partial charge on any atom is -0.357 e. The monoisotopic (exact) mass is 444 g/mol. The van der Waals surface area contributed by atoms with Gasteiger partial charge in [-0.05, 0) is 56.8 Å². The Hall–Kier alpha value is -0.820. The van der Waals surface area contributed by atoms with Crippen molar-refractivity contribution in [1.82, 2.24) is 15.5 Å². The molecule has 0 atom stereocenters. The van der Waals surface area contributed by atoms with Crippen molar-refractivity contribution in [3.8, 4) is 0 Å². The predicted octanol–water partition coefficient (Wildman–Crippen LogP) is 3.61. The Bertz CT molecular complexity index is 488. The van der Waals surface area contributed by atoms with Crippen LogP contribution in [0.25, 0.3) is 0 Å². The highest BCUT2D eigenvalue weighted by atomic mass is 127. The molecule has 0 bridgehead atoms. The summed E-state index contributed by atoms with van der Waals surface area (Å²) in [5.41, 5.74) is 2.68. The van der Waals surface area contributed by atoms with Crippen LogP contribution >= 0.6 is 24.0 Å². The number of halogens is 1. The van der Waals surface area contributed by atoms with Crippen LogP contribution < -0.4 is 10.6 Å². The Labute approximate surface area is 164 Å². The predicted molar refractivity (Wildman–Crippen MR) is 114 cm³/mol. The van der Waals surface area contributed by atoms with Gasteiger partial charge in [0.1, 0.15) is 0 Å². The molecular formula is C19H33IN4. The van der Waals surface area contributed by atoms with E-state index in [4.69, 9.17) is 0 Å². The Morgan fingerprint density at radius 1 is 1.12 bits per heavy atom. The van der Waals surface area contributed by atoms with Gasteiger partial charge < -0.3 is 10.6 Å². The molecule has 0 amide bonds. The minimum atomic E-state index is 0. The number of nitrogens with zero attached hydrogens (tertiary/aromatic N) is 2. The van der Waals surface area contributed by atoms with Gasteiger partial charge in [-0.25, -0.2) is 4.99 Å². The number of aliphatic imine (C=N–C) groups is 1. The normalized spacial score (nSPS) is 15.5. The molecule has 2 rings (SSSR count). The van der Waals surface area contributed by atoms with Crippen molar-refractivity contribution in [3.05, 3.63) is 35.4 Å². The molecule has 1 aromatic rings. The molecule has 1 saturated heterocycles. The van der Waals surface area contributed by atoms with Crippen molar-refractivity contribution in [2.75, 3.05) is 26.2 Å². The lowest BCUT2D eigenvalue weighted by molar-refractivity contribution is 0.185. The fourth-order valence-corrected chi connectivity index (χ4v) is 2.98. The van der Waals surface area contributed by atoms with Gasteiger partial charge in [-0.1, -0.05) is 31.2 Å². The second kappa shape index (κ2) is 11.7. The molecule has 1 aliphatic rings. The van der Waals surface area contributed by atoms with Crippen molar-refractivity contribution in [3.63, 3.8) is 0 Å². The number of guanidine groups is 1. The number of benzene rings is 1. The SMILES string of the molecule is CCNC(=NCc1cccc(CN2CCC(C)CC2)c1)NCC.I. The molecule has 1 aromatic carbocycles. The van der Waals surface area contributed by atoms with Crippen LogP contribution in [0, 0.1) is 5.92 Å². The zero-order chi connectivity index (χ0) is 16.5. The highest BCUT2D eigenvalue weighted by molar-refractivity contribution is 14.0. The van der Waals surface area contributed by atoms with E-state index in [9.17, 15) is 0 Å². The highest BCUT2D eigenvalue weighted by Gasteiger charge is 2.15. The molecule has 5 heteroatoms. The van der Waals surface area contributed by atoms with Gasteiger partial charge in [-0.3, -0.25) is 4.90 Å². The highest BCUT2D eigenvalue weighted by Crippen LogP contribution is 2.18. The molecule has 24 heavy (non-hydrogen) atoms. The summed E-state index contributed by atoms with van der Waals surface area (Å²) >= 11 is 0. The van der Waals surface area contributed by atoms with Gasteiger partial charge in [0.15, 0.2) is 5.96 Å². The Morgan fingerprint density at radius 3 is 2.38 bits per heavy atom. The van der Waals surface area contributed by atoms with E-state index in [1.54, 1.807) is 0 Å². The van der Waals surface area contributed by atoms with E-state index in [2.05, 4.69) is 65.6 Å². The molecular weight excluding hydrogens is 411 g/mol. The van der Waals surface area contributed by atoms with Crippen LogP contribution in [0.15, 0.2) is 29.3 Å². The summed E-state index contributed by atoms with van der Waals surface area (Å²) in [5.74, 6) is 1.79. The lowest BCUT2D eigenvalue weighted by Crippen LogP contribution is -2.36. The fraction of sp³-hybridized carbons (Fsp3) is 0.632. The third kappa shape index (κ3) is 7.38. The van der Waals surface area contributed by atoms with Crippen LogP contribution in [0.4, 0.5) is 0 Å². The molecule has 1 aliphatic heterocycles. The average molecular weight is 444 g/mol. The van der Waals surface area contributed by atoms with Gasteiger partial charge in [0.05, 0.1) is 6.54 Å². The molecule has 1 heterocycles. The molecule has 0 unspecified atom stereocenters. The molecule has 0 spiro atoms. The van der Waals surface area contributed by atoms with Crippen LogP contribution in [-0.2, 0) is 13.1 Å². The van der Waals surface area contributed by atoms with E-state index in [0.29, 0.717) is 0 Å². The van der Waals surface area contributed by atoms with E-state index in [0.717, 1.165) is 38.1 Å². The summed E-state index contributed by atoms with van der Waals surface area (Å²) in [5, 5.41) is 6.54. The van der Waals surface area contributed by atoms with E-state index in [-0.39, 0.29) is 24.0 Å². The number of rotatable bonds is 6. The van der Waals surface area contributed by atoms with Gasteiger partial charge in [0.25, 0.3) is 0 Å². The lowest BCUT2D eigenvalue weighted by atomic mass is 9.98.